The fourth-order valence-electron chi connectivity index (χ4n) is 5.74. The number of primary amides is 2. The van der Waals surface area contributed by atoms with E-state index in [9.17, 15) is 53.7 Å². The average Bonchev–Trinajstić information content (AvgIpc) is 3.15. The lowest BCUT2D eigenvalue weighted by atomic mass is 9.96. The number of rotatable bonds is 23. The van der Waals surface area contributed by atoms with E-state index in [2.05, 4.69) is 26.6 Å². The first-order valence-electron chi connectivity index (χ1n) is 18.8. The number of aliphatic hydroxyl groups excluding tert-OH is 1. The summed E-state index contributed by atoms with van der Waals surface area (Å²) in [6.45, 7) is 7.15. The molecule has 0 radical (unpaired) electrons. The van der Waals surface area contributed by atoms with E-state index in [0.29, 0.717) is 24.0 Å². The molecule has 1 aromatic rings. The lowest BCUT2D eigenvalue weighted by Crippen LogP contribution is -2.61. The van der Waals surface area contributed by atoms with E-state index < -0.39 is 102 Å². The second-order valence-electron chi connectivity index (χ2n) is 14.6. The Morgan fingerprint density at radius 1 is 0.759 bits per heavy atom. The van der Waals surface area contributed by atoms with Crippen molar-refractivity contribution in [1.82, 2.24) is 26.6 Å². The summed E-state index contributed by atoms with van der Waals surface area (Å²) in [6.07, 6.45) is 4.56. The molecule has 0 bridgehead atoms. The van der Waals surface area contributed by atoms with Crippen LogP contribution >= 0.6 is 0 Å². The van der Waals surface area contributed by atoms with Gasteiger partial charge in [-0.25, -0.2) is 4.79 Å². The van der Waals surface area contributed by atoms with Gasteiger partial charge in [0.1, 0.15) is 41.7 Å². The molecule has 19 nitrogen and oxygen atoms in total. The number of amides is 7. The van der Waals surface area contributed by atoms with Gasteiger partial charge in [0.25, 0.3) is 0 Å². The van der Waals surface area contributed by atoms with Gasteiger partial charge in [0, 0.05) is 12.8 Å². The summed E-state index contributed by atoms with van der Waals surface area (Å²) in [7, 11) is 0. The van der Waals surface area contributed by atoms with Crippen LogP contribution in [0.4, 0.5) is 0 Å². The number of carboxylic acid groups (broad SMARTS) is 1. The Kier molecular flexibility index (Phi) is 19.1. The fourth-order valence-corrected chi connectivity index (χ4v) is 5.74. The third-order valence-electron chi connectivity index (χ3n) is 9.17. The van der Waals surface area contributed by atoms with Gasteiger partial charge in [0.15, 0.2) is 0 Å². The molecule has 14 N–H and O–H groups in total. The van der Waals surface area contributed by atoms with Crippen molar-refractivity contribution in [3.63, 3.8) is 0 Å². The molecule has 7 amide bonds. The van der Waals surface area contributed by atoms with E-state index >= 15 is 0 Å². The van der Waals surface area contributed by atoms with Gasteiger partial charge in [0.05, 0.1) is 12.5 Å². The molecule has 0 fully saturated rings. The Morgan fingerprint density at radius 2 is 1.34 bits per heavy atom. The molecule has 318 valence electrons. The highest BCUT2D eigenvalue weighted by Gasteiger charge is 2.35. The van der Waals surface area contributed by atoms with E-state index in [-0.39, 0.29) is 36.7 Å². The molecule has 58 heavy (non-hydrogen) atoms. The van der Waals surface area contributed by atoms with Gasteiger partial charge in [-0.3, -0.25) is 33.6 Å². The molecule has 0 unspecified atom stereocenters. The Balaban J connectivity index is 2.37. The molecule has 0 saturated heterocycles. The number of hydrogen-bond donors (Lipinski definition) is 11. The predicted molar refractivity (Wildman–Crippen MR) is 211 cm³/mol. The molecule has 1 aliphatic carbocycles. The maximum absolute atomic E-state index is 13.9. The third-order valence-corrected chi connectivity index (χ3v) is 9.17. The fraction of sp³-hybridized carbons (Fsp3) is 0.487. The number of allylic oxidation sites excluding steroid dienone is 4. The number of hydrogen-bond acceptors (Lipinski definition) is 11. The molecule has 0 spiro atoms. The lowest BCUT2D eigenvalue weighted by Gasteiger charge is -2.29. The molecular formula is C39H56N8O11. The molecule has 1 aliphatic rings. The van der Waals surface area contributed by atoms with E-state index in [1.165, 1.54) is 36.4 Å². The van der Waals surface area contributed by atoms with Crippen molar-refractivity contribution in [2.45, 2.75) is 109 Å². The average molecular weight is 813 g/mol. The molecule has 7 atom stereocenters. The summed E-state index contributed by atoms with van der Waals surface area (Å²) < 4.78 is 0. The van der Waals surface area contributed by atoms with Gasteiger partial charge >= 0.3 is 5.97 Å². The SMILES string of the molecule is CC[C@H](C)[C@H](NC(=O)[C@H](Cc1ccc(O)cc1)NC(=O)[C@@H](N)CC(C)C)C(=O)N[C@@H](CCC(N)=O)C(=O)N[C@@H](CC(N)=O)C(=O)N[C@@H](/C=C1\C=CC(O)=CC1)C(=O)O. The minimum Gasteiger partial charge on any atom is -0.508 e. The monoisotopic (exact) mass is 812 g/mol. The highest BCUT2D eigenvalue weighted by Crippen LogP contribution is 2.16. The molecule has 1 aromatic carbocycles. The van der Waals surface area contributed by atoms with Crippen molar-refractivity contribution >= 4 is 47.3 Å². The van der Waals surface area contributed by atoms with Crippen LogP contribution in [0.3, 0.4) is 0 Å². The van der Waals surface area contributed by atoms with Crippen LogP contribution < -0.4 is 43.8 Å². The van der Waals surface area contributed by atoms with Crippen molar-refractivity contribution in [3.05, 3.63) is 65.5 Å². The second kappa shape index (κ2) is 23.1. The first-order valence-corrected chi connectivity index (χ1v) is 18.8. The Bertz CT molecular complexity index is 1760. The number of aliphatic hydroxyl groups is 1. The quantitative estimate of drug-likeness (QED) is 0.0656. The number of carbonyl (C=O) groups excluding carboxylic acids is 7. The lowest BCUT2D eigenvalue weighted by molar-refractivity contribution is -0.141. The highest BCUT2D eigenvalue weighted by atomic mass is 16.4. The maximum Gasteiger partial charge on any atom is 0.330 e. The van der Waals surface area contributed by atoms with Gasteiger partial charge in [-0.1, -0.05) is 52.3 Å². The van der Waals surface area contributed by atoms with Gasteiger partial charge in [-0.2, -0.15) is 0 Å². The van der Waals surface area contributed by atoms with E-state index in [4.69, 9.17) is 17.2 Å². The first-order chi connectivity index (χ1) is 27.2. The number of carboxylic acids is 1. The molecule has 2 rings (SSSR count). The number of phenols is 1. The van der Waals surface area contributed by atoms with Gasteiger partial charge < -0.3 is 59.1 Å². The van der Waals surface area contributed by atoms with Crippen LogP contribution in [0.1, 0.15) is 71.8 Å². The zero-order valence-corrected chi connectivity index (χ0v) is 33.0. The molecule has 0 aliphatic heterocycles. The van der Waals surface area contributed by atoms with Crippen LogP contribution in [0, 0.1) is 11.8 Å². The maximum atomic E-state index is 13.9. The van der Waals surface area contributed by atoms with Crippen molar-refractivity contribution < 1.29 is 53.7 Å². The van der Waals surface area contributed by atoms with Gasteiger partial charge in [-0.15, -0.1) is 0 Å². The second-order valence-corrected chi connectivity index (χ2v) is 14.6. The highest BCUT2D eigenvalue weighted by molar-refractivity contribution is 5.98. The number of nitrogens with one attached hydrogen (secondary N) is 5. The topological polar surface area (TPSA) is 335 Å². The van der Waals surface area contributed by atoms with Crippen molar-refractivity contribution in [3.8, 4) is 5.75 Å². The first kappa shape index (κ1) is 47.9. The summed E-state index contributed by atoms with van der Waals surface area (Å²) in [5.41, 5.74) is 17.8. The van der Waals surface area contributed by atoms with E-state index in [1.54, 1.807) is 26.0 Å². The molecule has 19 heteroatoms. The molecule has 0 heterocycles. The molecule has 0 saturated carbocycles. The Morgan fingerprint density at radius 3 is 1.88 bits per heavy atom. The third kappa shape index (κ3) is 16.5. The summed E-state index contributed by atoms with van der Waals surface area (Å²) in [6, 6.07) is -2.51. The number of phenolic OH excluding ortho intramolecular Hbond substituents is 1. The van der Waals surface area contributed by atoms with Crippen molar-refractivity contribution in [2.75, 3.05) is 0 Å². The number of aliphatic carboxylic acids is 1. The van der Waals surface area contributed by atoms with Crippen LogP contribution in [0.15, 0.2) is 59.9 Å². The van der Waals surface area contributed by atoms with Crippen LogP contribution in [0.5, 0.6) is 5.75 Å². The number of benzene rings is 1. The van der Waals surface area contributed by atoms with Gasteiger partial charge in [-0.05, 0) is 72.6 Å². The van der Waals surface area contributed by atoms with Gasteiger partial charge in [0.2, 0.25) is 41.4 Å². The van der Waals surface area contributed by atoms with Crippen LogP contribution in [-0.2, 0) is 44.8 Å². The zero-order valence-electron chi connectivity index (χ0n) is 33.0. The Hall–Kier alpha value is -6.24. The Labute approximate surface area is 336 Å². The number of aromatic hydroxyl groups is 1. The van der Waals surface area contributed by atoms with Crippen molar-refractivity contribution in [1.29, 1.82) is 0 Å². The van der Waals surface area contributed by atoms with Crippen LogP contribution in [0.2, 0.25) is 0 Å². The summed E-state index contributed by atoms with van der Waals surface area (Å²) in [5, 5.41) is 41.4. The van der Waals surface area contributed by atoms with Crippen LogP contribution in [0.25, 0.3) is 0 Å². The smallest absolute Gasteiger partial charge is 0.330 e. The van der Waals surface area contributed by atoms with Crippen LogP contribution in [-0.4, -0.2) is 98.9 Å². The largest absolute Gasteiger partial charge is 0.508 e. The normalized spacial score (nSPS) is 16.7. The van der Waals surface area contributed by atoms with E-state index in [1.807, 2.05) is 13.8 Å². The predicted octanol–water partition coefficient (Wildman–Crippen LogP) is -0.668. The minimum atomic E-state index is -1.74. The standard InChI is InChI=1S/C39H56N8O11/c1-5-21(4)33(47-37(55)28(17-22-6-10-24(48)11-7-22)44-34(52)26(40)16-20(2)3)38(56)43-27(14-15-31(41)50)35(53)45-29(19-32(42)51)36(54)46-30(39(57)58)18-23-8-12-25(49)13-9-23/h6-8,10-13,18,20-21,26-30,33,48-49H,5,9,14-17,19,40H2,1-4H3,(H2,41,50)(H2,42,51)(H,43,56)(H,44,52)(H,45,53)(H,46,54)(H,47,55)(H,57,58)/b23-18+/t21-,26-,27-,28-,29-,30-,33-/m0/s1. The molecule has 0 aromatic heterocycles. The number of carbonyl (C=O) groups is 8. The molecular weight excluding hydrogens is 756 g/mol. The van der Waals surface area contributed by atoms with E-state index in [0.717, 1.165) is 0 Å². The minimum absolute atomic E-state index is 0.0208. The summed E-state index contributed by atoms with van der Waals surface area (Å²) in [5.74, 6) is -8.35. The summed E-state index contributed by atoms with van der Waals surface area (Å²) >= 11 is 0. The zero-order chi connectivity index (χ0) is 43.7. The summed E-state index contributed by atoms with van der Waals surface area (Å²) in [4.78, 5) is 104. The number of nitrogens with two attached hydrogens (primary N) is 3. The van der Waals surface area contributed by atoms with Crippen molar-refractivity contribution in [2.24, 2.45) is 29.0 Å².